The highest BCUT2D eigenvalue weighted by Gasteiger charge is 2.22. The molecule has 0 aliphatic rings. The Morgan fingerprint density at radius 2 is 2.14 bits per heavy atom. The van der Waals surface area contributed by atoms with Crippen molar-refractivity contribution in [2.45, 2.75) is 40.2 Å². The summed E-state index contributed by atoms with van der Waals surface area (Å²) in [5, 5.41) is 17.3. The maximum Gasteiger partial charge on any atom is 0.252 e. The fraction of sp³-hybridized carbons (Fsp3) is 0.562. The molecule has 1 atom stereocenters. The van der Waals surface area contributed by atoms with Crippen molar-refractivity contribution in [1.29, 1.82) is 0 Å². The molecule has 1 unspecified atom stereocenters. The minimum absolute atomic E-state index is 0.0263. The summed E-state index contributed by atoms with van der Waals surface area (Å²) in [7, 11) is 1.80. The topological polar surface area (TPSA) is 80.0 Å². The van der Waals surface area contributed by atoms with E-state index in [1.165, 1.54) is 0 Å². The van der Waals surface area contributed by atoms with Gasteiger partial charge in [0, 0.05) is 12.7 Å². The normalized spacial score (nSPS) is 13.4. The van der Waals surface area contributed by atoms with Crippen LogP contribution in [0.1, 0.15) is 43.2 Å². The quantitative estimate of drug-likeness (QED) is 0.902. The van der Waals surface area contributed by atoms with Gasteiger partial charge in [-0.2, -0.15) is 5.10 Å². The minimum atomic E-state index is -0.271. The second-order valence-electron chi connectivity index (χ2n) is 6.93. The molecule has 120 valence electrons. The van der Waals surface area contributed by atoms with E-state index in [4.69, 9.17) is 0 Å². The van der Waals surface area contributed by atoms with E-state index < -0.39 is 0 Å². The third kappa shape index (κ3) is 3.62. The summed E-state index contributed by atoms with van der Waals surface area (Å²) < 4.78 is 1.65. The number of carbonyl (C=O) groups excluding carboxylic acids is 1. The summed E-state index contributed by atoms with van der Waals surface area (Å²) in [4.78, 5) is 17.0. The van der Waals surface area contributed by atoms with Crippen LogP contribution in [-0.2, 0) is 7.05 Å². The van der Waals surface area contributed by atoms with Crippen molar-refractivity contribution in [3.05, 3.63) is 23.5 Å². The van der Waals surface area contributed by atoms with E-state index in [1.807, 2.05) is 6.92 Å². The van der Waals surface area contributed by atoms with Crippen molar-refractivity contribution < 1.29 is 9.90 Å². The number of hydrogen-bond donors (Lipinski definition) is 2. The molecule has 0 fully saturated rings. The van der Waals surface area contributed by atoms with Crippen LogP contribution in [0.2, 0.25) is 0 Å². The average molecular weight is 304 g/mol. The highest BCUT2D eigenvalue weighted by Crippen LogP contribution is 2.22. The lowest BCUT2D eigenvalue weighted by atomic mass is 9.88. The number of aromatic nitrogens is 3. The first kappa shape index (κ1) is 16.4. The average Bonchev–Trinajstić information content (AvgIpc) is 2.77. The van der Waals surface area contributed by atoms with Crippen LogP contribution in [0.3, 0.4) is 0 Å². The number of nitrogens with zero attached hydrogens (tertiary/aromatic N) is 3. The summed E-state index contributed by atoms with van der Waals surface area (Å²) in [6.07, 6.45) is 2.35. The van der Waals surface area contributed by atoms with Gasteiger partial charge in [-0.15, -0.1) is 0 Å². The van der Waals surface area contributed by atoms with Gasteiger partial charge in [0.1, 0.15) is 0 Å². The van der Waals surface area contributed by atoms with Crippen LogP contribution < -0.4 is 5.32 Å². The zero-order valence-electron chi connectivity index (χ0n) is 13.8. The first-order valence-electron chi connectivity index (χ1n) is 7.42. The number of carbonyl (C=O) groups is 1. The molecule has 2 N–H and O–H groups in total. The maximum atomic E-state index is 12.6. The van der Waals surface area contributed by atoms with Gasteiger partial charge in [-0.25, -0.2) is 4.98 Å². The molecule has 6 nitrogen and oxygen atoms in total. The predicted molar refractivity (Wildman–Crippen MR) is 85.7 cm³/mol. The Bertz CT molecular complexity index is 685. The second-order valence-corrected chi connectivity index (χ2v) is 6.93. The third-order valence-corrected chi connectivity index (χ3v) is 3.49. The van der Waals surface area contributed by atoms with Crippen LogP contribution in [0, 0.1) is 12.3 Å². The first-order chi connectivity index (χ1) is 10.2. The number of amides is 1. The fourth-order valence-electron chi connectivity index (χ4n) is 2.59. The zero-order chi connectivity index (χ0) is 16.5. The molecule has 0 saturated heterocycles. The van der Waals surface area contributed by atoms with E-state index >= 15 is 0 Å². The molecule has 1 amide bonds. The van der Waals surface area contributed by atoms with Crippen molar-refractivity contribution in [3.8, 4) is 0 Å². The number of aryl methyl sites for hydroxylation is 2. The van der Waals surface area contributed by atoms with Crippen LogP contribution in [0.15, 0.2) is 12.3 Å². The van der Waals surface area contributed by atoms with E-state index in [0.717, 1.165) is 11.1 Å². The summed E-state index contributed by atoms with van der Waals surface area (Å²) in [6.45, 7) is 8.01. The molecule has 0 saturated carbocycles. The molecule has 22 heavy (non-hydrogen) atoms. The Balaban J connectivity index is 2.29. The molecule has 0 bridgehead atoms. The number of rotatable bonds is 4. The third-order valence-electron chi connectivity index (χ3n) is 3.49. The number of nitrogens with one attached hydrogen (secondary N) is 1. The lowest BCUT2D eigenvalue weighted by molar-refractivity contribution is 0.0899. The smallest absolute Gasteiger partial charge is 0.252 e. The number of pyridine rings is 1. The molecular formula is C16H24N4O2. The molecule has 2 heterocycles. The molecular weight excluding hydrogens is 280 g/mol. The largest absolute Gasteiger partial charge is 0.394 e. The van der Waals surface area contributed by atoms with Crippen LogP contribution in [0.4, 0.5) is 0 Å². The molecule has 2 rings (SSSR count). The Kier molecular flexibility index (Phi) is 4.51. The maximum absolute atomic E-state index is 12.6. The number of aliphatic hydroxyl groups excluding tert-OH is 1. The van der Waals surface area contributed by atoms with E-state index in [1.54, 1.807) is 24.0 Å². The van der Waals surface area contributed by atoms with E-state index in [2.05, 4.69) is 36.2 Å². The van der Waals surface area contributed by atoms with Gasteiger partial charge in [-0.05, 0) is 24.8 Å². The van der Waals surface area contributed by atoms with Crippen LogP contribution in [0.5, 0.6) is 0 Å². The number of hydrogen-bond acceptors (Lipinski definition) is 4. The van der Waals surface area contributed by atoms with Gasteiger partial charge in [0.25, 0.3) is 5.91 Å². The van der Waals surface area contributed by atoms with Gasteiger partial charge < -0.3 is 10.4 Å². The second kappa shape index (κ2) is 6.04. The summed E-state index contributed by atoms with van der Waals surface area (Å²) >= 11 is 0. The van der Waals surface area contributed by atoms with Gasteiger partial charge in [-0.3, -0.25) is 9.48 Å². The van der Waals surface area contributed by atoms with Crippen molar-refractivity contribution in [1.82, 2.24) is 20.1 Å². The Morgan fingerprint density at radius 3 is 2.73 bits per heavy atom. The zero-order valence-corrected chi connectivity index (χ0v) is 13.8. The molecule has 0 aliphatic heterocycles. The van der Waals surface area contributed by atoms with Crippen molar-refractivity contribution in [2.24, 2.45) is 12.5 Å². The first-order valence-corrected chi connectivity index (χ1v) is 7.42. The molecule has 0 radical (unpaired) electrons. The summed E-state index contributed by atoms with van der Waals surface area (Å²) in [6, 6.07) is 1.48. The summed E-state index contributed by atoms with van der Waals surface area (Å²) in [5.41, 5.74) is 2.01. The lowest BCUT2D eigenvalue weighted by Gasteiger charge is -2.25. The van der Waals surface area contributed by atoms with Crippen molar-refractivity contribution in [2.75, 3.05) is 6.61 Å². The van der Waals surface area contributed by atoms with Crippen LogP contribution in [0.25, 0.3) is 11.0 Å². The Labute approximate surface area is 130 Å². The van der Waals surface area contributed by atoms with E-state index in [9.17, 15) is 9.90 Å². The van der Waals surface area contributed by atoms with Gasteiger partial charge >= 0.3 is 0 Å². The molecule has 2 aromatic rings. The Morgan fingerprint density at radius 1 is 1.45 bits per heavy atom. The monoisotopic (exact) mass is 304 g/mol. The van der Waals surface area contributed by atoms with E-state index in [0.29, 0.717) is 17.6 Å². The van der Waals surface area contributed by atoms with Gasteiger partial charge in [-0.1, -0.05) is 20.8 Å². The van der Waals surface area contributed by atoms with Crippen LogP contribution in [-0.4, -0.2) is 38.4 Å². The summed E-state index contributed by atoms with van der Waals surface area (Å²) in [5.74, 6) is -0.202. The number of aliphatic hydroxyl groups is 1. The Hall–Kier alpha value is -1.95. The SMILES string of the molecule is Cc1cc(C(=O)NC(CO)CC(C)(C)C)c2cnn(C)c2n1. The predicted octanol–water partition coefficient (Wildman–Crippen LogP) is 1.80. The molecule has 6 heteroatoms. The highest BCUT2D eigenvalue weighted by molar-refractivity contribution is 6.05. The van der Waals surface area contributed by atoms with Crippen molar-refractivity contribution >= 4 is 16.9 Å². The van der Waals surface area contributed by atoms with Gasteiger partial charge in [0.2, 0.25) is 0 Å². The standard InChI is InChI=1S/C16H24N4O2/c1-10-6-12(13-8-17-20(5)14(13)18-10)15(22)19-11(9-21)7-16(2,3)4/h6,8,11,21H,7,9H2,1-5H3,(H,19,22). The van der Waals surface area contributed by atoms with Crippen molar-refractivity contribution in [3.63, 3.8) is 0 Å². The highest BCUT2D eigenvalue weighted by atomic mass is 16.3. The minimum Gasteiger partial charge on any atom is -0.394 e. The molecule has 2 aromatic heterocycles. The molecule has 0 spiro atoms. The fourth-order valence-corrected chi connectivity index (χ4v) is 2.59. The van der Waals surface area contributed by atoms with E-state index in [-0.39, 0.29) is 24.0 Å². The molecule has 0 aliphatic carbocycles. The molecule has 0 aromatic carbocycles. The lowest BCUT2D eigenvalue weighted by Crippen LogP contribution is -2.40. The van der Waals surface area contributed by atoms with Gasteiger partial charge in [0.05, 0.1) is 29.8 Å². The number of fused-ring (bicyclic) bond motifs is 1. The van der Waals surface area contributed by atoms with Gasteiger partial charge in [0.15, 0.2) is 5.65 Å². The van der Waals surface area contributed by atoms with Crippen LogP contribution >= 0.6 is 0 Å².